The van der Waals surface area contributed by atoms with Crippen molar-refractivity contribution in [2.45, 2.75) is 19.8 Å². The third-order valence-electron chi connectivity index (χ3n) is 4.01. The molecule has 0 unspecified atom stereocenters. The lowest BCUT2D eigenvalue weighted by Crippen LogP contribution is -2.39. The Bertz CT molecular complexity index is 803. The van der Waals surface area contributed by atoms with Gasteiger partial charge in [0.15, 0.2) is 0 Å². The predicted molar refractivity (Wildman–Crippen MR) is 102 cm³/mol. The predicted octanol–water partition coefficient (Wildman–Crippen LogP) is 4.89. The SMILES string of the molecule is COc1ccc(N(C(=O)Nc2ccc(C)cc2)C2=NCCC2)cc1Cl. The van der Waals surface area contributed by atoms with Crippen LogP contribution in [-0.4, -0.2) is 25.5 Å². The van der Waals surface area contributed by atoms with Crippen LogP contribution in [0.5, 0.6) is 5.75 Å². The molecule has 130 valence electrons. The minimum Gasteiger partial charge on any atom is -0.495 e. The van der Waals surface area contributed by atoms with Gasteiger partial charge in [0, 0.05) is 18.7 Å². The highest BCUT2D eigenvalue weighted by molar-refractivity contribution is 6.32. The third kappa shape index (κ3) is 3.94. The molecule has 0 radical (unpaired) electrons. The quantitative estimate of drug-likeness (QED) is 0.850. The number of hydrogen-bond acceptors (Lipinski definition) is 3. The number of methoxy groups -OCH3 is 1. The minimum atomic E-state index is -0.259. The van der Waals surface area contributed by atoms with E-state index in [-0.39, 0.29) is 6.03 Å². The van der Waals surface area contributed by atoms with Crippen LogP contribution in [0.4, 0.5) is 16.2 Å². The van der Waals surface area contributed by atoms with Gasteiger partial charge in [-0.15, -0.1) is 0 Å². The number of hydrogen-bond donors (Lipinski definition) is 1. The number of benzene rings is 2. The van der Waals surface area contributed by atoms with E-state index in [0.717, 1.165) is 36.5 Å². The molecule has 1 aliphatic heterocycles. The van der Waals surface area contributed by atoms with Gasteiger partial charge < -0.3 is 10.1 Å². The molecule has 25 heavy (non-hydrogen) atoms. The Balaban J connectivity index is 1.90. The van der Waals surface area contributed by atoms with Gasteiger partial charge in [0.05, 0.1) is 17.8 Å². The Morgan fingerprint density at radius 1 is 1.24 bits per heavy atom. The van der Waals surface area contributed by atoms with Crippen molar-refractivity contribution in [3.63, 3.8) is 0 Å². The van der Waals surface area contributed by atoms with Crippen molar-refractivity contribution in [1.82, 2.24) is 0 Å². The summed E-state index contributed by atoms with van der Waals surface area (Å²) in [6.45, 7) is 2.73. The first kappa shape index (κ1) is 17.3. The summed E-state index contributed by atoms with van der Waals surface area (Å²) in [6, 6.07) is 12.7. The van der Waals surface area contributed by atoms with Gasteiger partial charge in [0.1, 0.15) is 11.6 Å². The highest BCUT2D eigenvalue weighted by Crippen LogP contribution is 2.30. The monoisotopic (exact) mass is 357 g/mol. The standard InChI is InChI=1S/C19H20ClN3O2/c1-13-5-7-14(8-6-13)22-19(24)23(18-4-3-11-21-18)15-9-10-17(25-2)16(20)12-15/h5-10,12H,3-4,11H2,1-2H3,(H,22,24). The number of carbonyl (C=O) groups is 1. The van der Waals surface area contributed by atoms with E-state index >= 15 is 0 Å². The average molecular weight is 358 g/mol. The molecule has 0 spiro atoms. The molecule has 0 atom stereocenters. The first-order valence-electron chi connectivity index (χ1n) is 8.13. The molecule has 1 N–H and O–H groups in total. The molecule has 0 aromatic heterocycles. The lowest BCUT2D eigenvalue weighted by Gasteiger charge is -2.23. The number of rotatable bonds is 3. The lowest BCUT2D eigenvalue weighted by atomic mass is 10.2. The van der Waals surface area contributed by atoms with Crippen molar-refractivity contribution >= 4 is 34.8 Å². The van der Waals surface area contributed by atoms with Crippen molar-refractivity contribution in [3.05, 3.63) is 53.1 Å². The molecule has 5 nitrogen and oxygen atoms in total. The molecule has 0 aliphatic carbocycles. The van der Waals surface area contributed by atoms with Crippen LogP contribution in [0.15, 0.2) is 47.5 Å². The highest BCUT2D eigenvalue weighted by Gasteiger charge is 2.24. The van der Waals surface area contributed by atoms with Crippen LogP contribution in [0.25, 0.3) is 0 Å². The van der Waals surface area contributed by atoms with Gasteiger partial charge in [-0.2, -0.15) is 0 Å². The molecular formula is C19H20ClN3O2. The van der Waals surface area contributed by atoms with Gasteiger partial charge in [0.25, 0.3) is 0 Å². The van der Waals surface area contributed by atoms with Gasteiger partial charge in [-0.05, 0) is 43.7 Å². The highest BCUT2D eigenvalue weighted by atomic mass is 35.5. The maximum Gasteiger partial charge on any atom is 0.331 e. The Hall–Kier alpha value is -2.53. The molecule has 1 aliphatic rings. The second-order valence-electron chi connectivity index (χ2n) is 5.85. The maximum absolute atomic E-state index is 12.9. The molecule has 6 heteroatoms. The van der Waals surface area contributed by atoms with Gasteiger partial charge in [-0.1, -0.05) is 29.3 Å². The third-order valence-corrected chi connectivity index (χ3v) is 4.31. The second kappa shape index (κ2) is 7.57. The van der Waals surface area contributed by atoms with Crippen LogP contribution in [0, 0.1) is 6.92 Å². The fourth-order valence-corrected chi connectivity index (χ4v) is 2.95. The van der Waals surface area contributed by atoms with E-state index in [9.17, 15) is 4.79 Å². The van der Waals surface area contributed by atoms with Crippen LogP contribution in [0.2, 0.25) is 5.02 Å². The number of aryl methyl sites for hydroxylation is 1. The summed E-state index contributed by atoms with van der Waals surface area (Å²) in [7, 11) is 1.56. The summed E-state index contributed by atoms with van der Waals surface area (Å²) in [6.07, 6.45) is 1.69. The zero-order chi connectivity index (χ0) is 17.8. The van der Waals surface area contributed by atoms with E-state index < -0.39 is 0 Å². The number of urea groups is 1. The Kier molecular flexibility index (Phi) is 5.24. The van der Waals surface area contributed by atoms with Crippen LogP contribution in [0.1, 0.15) is 18.4 Å². The van der Waals surface area contributed by atoms with E-state index in [4.69, 9.17) is 16.3 Å². The summed E-state index contributed by atoms with van der Waals surface area (Å²) < 4.78 is 5.19. The van der Waals surface area contributed by atoms with E-state index in [1.165, 1.54) is 0 Å². The number of halogens is 1. The van der Waals surface area contributed by atoms with Crippen molar-refractivity contribution in [1.29, 1.82) is 0 Å². The van der Waals surface area contributed by atoms with Crippen molar-refractivity contribution in [3.8, 4) is 5.75 Å². The first-order valence-corrected chi connectivity index (χ1v) is 8.51. The number of ether oxygens (including phenoxy) is 1. The Labute approximate surface area is 152 Å². The number of aliphatic imine (C=N–C) groups is 1. The summed E-state index contributed by atoms with van der Waals surface area (Å²) in [5.41, 5.74) is 2.53. The molecule has 3 rings (SSSR count). The largest absolute Gasteiger partial charge is 0.495 e. The van der Waals surface area contributed by atoms with Gasteiger partial charge >= 0.3 is 6.03 Å². The average Bonchev–Trinajstić information content (AvgIpc) is 3.11. The minimum absolute atomic E-state index is 0.259. The molecule has 0 fully saturated rings. The molecule has 0 saturated heterocycles. The van der Waals surface area contributed by atoms with E-state index in [1.807, 2.05) is 31.2 Å². The van der Waals surface area contributed by atoms with E-state index in [2.05, 4.69) is 10.3 Å². The van der Waals surface area contributed by atoms with Crippen molar-refractivity contribution in [2.24, 2.45) is 4.99 Å². The topological polar surface area (TPSA) is 53.9 Å². The number of amides is 2. The molecule has 0 saturated carbocycles. The number of carbonyl (C=O) groups excluding carboxylic acids is 1. The van der Waals surface area contributed by atoms with Crippen molar-refractivity contribution < 1.29 is 9.53 Å². The Morgan fingerprint density at radius 3 is 2.60 bits per heavy atom. The number of nitrogens with one attached hydrogen (secondary N) is 1. The fourth-order valence-electron chi connectivity index (χ4n) is 2.70. The second-order valence-corrected chi connectivity index (χ2v) is 6.26. The molecule has 2 amide bonds. The smallest absolute Gasteiger partial charge is 0.331 e. The summed E-state index contributed by atoms with van der Waals surface area (Å²) in [4.78, 5) is 19.0. The summed E-state index contributed by atoms with van der Waals surface area (Å²) in [5.74, 6) is 1.31. The van der Waals surface area contributed by atoms with Gasteiger partial charge in [-0.25, -0.2) is 4.79 Å². The molecule has 2 aromatic rings. The van der Waals surface area contributed by atoms with Crippen molar-refractivity contribution in [2.75, 3.05) is 23.9 Å². The molecular weight excluding hydrogens is 338 g/mol. The summed E-state index contributed by atoms with van der Waals surface area (Å²) >= 11 is 6.24. The number of anilines is 2. The Morgan fingerprint density at radius 2 is 2.00 bits per heavy atom. The zero-order valence-corrected chi connectivity index (χ0v) is 15.0. The van der Waals surface area contributed by atoms with Crippen LogP contribution in [-0.2, 0) is 0 Å². The fraction of sp³-hybridized carbons (Fsp3) is 0.263. The van der Waals surface area contributed by atoms with E-state index in [0.29, 0.717) is 16.5 Å². The van der Waals surface area contributed by atoms with Crippen LogP contribution < -0.4 is 15.0 Å². The lowest BCUT2D eigenvalue weighted by molar-refractivity contribution is 0.259. The maximum atomic E-state index is 12.9. The van der Waals surface area contributed by atoms with Crippen LogP contribution >= 0.6 is 11.6 Å². The van der Waals surface area contributed by atoms with Gasteiger partial charge in [-0.3, -0.25) is 9.89 Å². The molecule has 0 bridgehead atoms. The normalized spacial score (nSPS) is 13.3. The molecule has 1 heterocycles. The van der Waals surface area contributed by atoms with Gasteiger partial charge in [0.2, 0.25) is 0 Å². The summed E-state index contributed by atoms with van der Waals surface area (Å²) in [5, 5.41) is 3.38. The first-order chi connectivity index (χ1) is 12.1. The zero-order valence-electron chi connectivity index (χ0n) is 14.3. The number of amidine groups is 1. The number of nitrogens with zero attached hydrogens (tertiary/aromatic N) is 2. The van der Waals surface area contributed by atoms with E-state index in [1.54, 1.807) is 30.2 Å². The van der Waals surface area contributed by atoms with Crippen LogP contribution in [0.3, 0.4) is 0 Å². The molecule has 2 aromatic carbocycles.